The zero-order valence-electron chi connectivity index (χ0n) is 6.31. The zero-order valence-corrected chi connectivity index (χ0v) is 6.31. The number of hydrogen-bond acceptors (Lipinski definition) is 0. The van der Waals surface area contributed by atoms with Crippen LogP contribution in [0.15, 0.2) is 11.6 Å². The Bertz CT molecular complexity index is 84.6. The molecular formula is C8H15O. The van der Waals surface area contributed by atoms with Crippen LogP contribution < -0.4 is 0 Å². The summed E-state index contributed by atoms with van der Waals surface area (Å²) in [5, 5.41) is 10.0. The van der Waals surface area contributed by atoms with E-state index in [2.05, 4.69) is 6.92 Å². The maximum absolute atomic E-state index is 10.0. The average Bonchev–Trinajstić information content (AvgIpc) is 1.85. The summed E-state index contributed by atoms with van der Waals surface area (Å²) in [4.78, 5) is 0. The van der Waals surface area contributed by atoms with Crippen LogP contribution in [0.2, 0.25) is 0 Å². The molecule has 0 aliphatic carbocycles. The Labute approximate surface area is 57.4 Å². The molecule has 1 heteroatoms. The number of hydrogen-bond donors (Lipinski definition) is 0. The van der Waals surface area contributed by atoms with E-state index in [4.69, 9.17) is 0 Å². The van der Waals surface area contributed by atoms with Gasteiger partial charge in [0.1, 0.15) is 6.61 Å². The first-order valence-corrected chi connectivity index (χ1v) is 3.55. The third-order valence-electron chi connectivity index (χ3n) is 1.36. The van der Waals surface area contributed by atoms with E-state index < -0.39 is 0 Å². The number of rotatable bonds is 4. The van der Waals surface area contributed by atoms with Gasteiger partial charge in [-0.15, -0.1) is 0 Å². The molecule has 0 N–H and O–H groups in total. The highest BCUT2D eigenvalue weighted by Crippen LogP contribution is 2.04. The summed E-state index contributed by atoms with van der Waals surface area (Å²) >= 11 is 0. The molecule has 0 rings (SSSR count). The number of unbranched alkanes of at least 4 members (excludes halogenated alkanes) is 1. The third kappa shape index (κ3) is 5.57. The lowest BCUT2D eigenvalue weighted by molar-refractivity contribution is 0.231. The minimum Gasteiger partial charge on any atom is -0.232 e. The van der Waals surface area contributed by atoms with Crippen LogP contribution in [-0.4, -0.2) is 6.61 Å². The van der Waals surface area contributed by atoms with E-state index in [1.54, 1.807) is 6.08 Å². The summed E-state index contributed by atoms with van der Waals surface area (Å²) in [7, 11) is 0. The first-order valence-electron chi connectivity index (χ1n) is 3.55. The van der Waals surface area contributed by atoms with Crippen LogP contribution in [0.4, 0.5) is 0 Å². The van der Waals surface area contributed by atoms with E-state index in [1.807, 2.05) is 6.92 Å². The molecule has 0 aromatic heterocycles. The highest BCUT2D eigenvalue weighted by molar-refractivity contribution is 4.96. The van der Waals surface area contributed by atoms with Crippen LogP contribution in [0.25, 0.3) is 0 Å². The van der Waals surface area contributed by atoms with E-state index in [9.17, 15) is 5.11 Å². The molecule has 0 saturated heterocycles. The van der Waals surface area contributed by atoms with Crippen LogP contribution in [-0.2, 0) is 5.11 Å². The Morgan fingerprint density at radius 1 is 1.56 bits per heavy atom. The quantitative estimate of drug-likeness (QED) is 0.517. The van der Waals surface area contributed by atoms with Gasteiger partial charge in [-0.2, -0.15) is 0 Å². The molecule has 0 bridgehead atoms. The van der Waals surface area contributed by atoms with Crippen molar-refractivity contribution in [3.8, 4) is 0 Å². The van der Waals surface area contributed by atoms with Crippen molar-refractivity contribution in [1.29, 1.82) is 0 Å². The van der Waals surface area contributed by atoms with E-state index in [0.717, 1.165) is 6.42 Å². The lowest BCUT2D eigenvalue weighted by Crippen LogP contribution is -1.79. The van der Waals surface area contributed by atoms with Crippen LogP contribution >= 0.6 is 0 Å². The first kappa shape index (κ1) is 8.70. The average molecular weight is 127 g/mol. The van der Waals surface area contributed by atoms with E-state index in [-0.39, 0.29) is 6.61 Å². The Hall–Kier alpha value is -0.300. The Morgan fingerprint density at radius 3 is 2.67 bits per heavy atom. The largest absolute Gasteiger partial charge is 0.232 e. The summed E-state index contributed by atoms with van der Waals surface area (Å²) < 4.78 is 0. The lowest BCUT2D eigenvalue weighted by atomic mass is 10.1. The molecule has 0 unspecified atom stereocenters. The maximum Gasteiger partial charge on any atom is 0.101 e. The molecule has 1 radical (unpaired) electrons. The molecule has 1 nitrogen and oxygen atoms in total. The van der Waals surface area contributed by atoms with E-state index >= 15 is 0 Å². The van der Waals surface area contributed by atoms with Crippen LogP contribution in [0, 0.1) is 0 Å². The molecule has 0 saturated carbocycles. The SMILES string of the molecule is CCCC/C(C)=C/C[O]. The summed E-state index contributed by atoms with van der Waals surface area (Å²) in [6.07, 6.45) is 5.28. The second-order valence-corrected chi connectivity index (χ2v) is 2.32. The maximum atomic E-state index is 10.0. The van der Waals surface area contributed by atoms with Gasteiger partial charge in [-0.1, -0.05) is 25.0 Å². The minimum absolute atomic E-state index is 0.0600. The predicted molar refractivity (Wildman–Crippen MR) is 38.8 cm³/mol. The van der Waals surface area contributed by atoms with Crippen molar-refractivity contribution in [1.82, 2.24) is 0 Å². The smallest absolute Gasteiger partial charge is 0.101 e. The van der Waals surface area contributed by atoms with Gasteiger partial charge in [0.05, 0.1) is 0 Å². The monoisotopic (exact) mass is 127 g/mol. The molecular weight excluding hydrogens is 112 g/mol. The van der Waals surface area contributed by atoms with Crippen molar-refractivity contribution in [2.75, 3.05) is 6.61 Å². The molecule has 0 heterocycles. The van der Waals surface area contributed by atoms with Gasteiger partial charge in [-0.05, 0) is 19.8 Å². The van der Waals surface area contributed by atoms with Crippen molar-refractivity contribution in [2.24, 2.45) is 0 Å². The third-order valence-corrected chi connectivity index (χ3v) is 1.36. The van der Waals surface area contributed by atoms with E-state index in [0.29, 0.717) is 0 Å². The summed E-state index contributed by atoms with van der Waals surface area (Å²) in [6.45, 7) is 4.12. The topological polar surface area (TPSA) is 19.9 Å². The molecule has 0 spiro atoms. The summed E-state index contributed by atoms with van der Waals surface area (Å²) in [5.74, 6) is 0. The second kappa shape index (κ2) is 5.83. The summed E-state index contributed by atoms with van der Waals surface area (Å²) in [5.41, 5.74) is 1.24. The van der Waals surface area contributed by atoms with Crippen molar-refractivity contribution >= 4 is 0 Å². The molecule has 0 aliphatic heterocycles. The minimum atomic E-state index is -0.0600. The van der Waals surface area contributed by atoms with Crippen molar-refractivity contribution in [3.05, 3.63) is 11.6 Å². The first-order chi connectivity index (χ1) is 4.31. The normalized spacial score (nSPS) is 12.1. The fourth-order valence-electron chi connectivity index (χ4n) is 0.700. The van der Waals surface area contributed by atoms with Crippen molar-refractivity contribution in [2.45, 2.75) is 33.1 Å². The van der Waals surface area contributed by atoms with Crippen LogP contribution in [0.3, 0.4) is 0 Å². The Kier molecular flexibility index (Phi) is 5.64. The molecule has 0 fully saturated rings. The predicted octanol–water partition coefficient (Wildman–Crippen LogP) is 2.55. The Morgan fingerprint density at radius 2 is 2.22 bits per heavy atom. The fraction of sp³-hybridized carbons (Fsp3) is 0.750. The van der Waals surface area contributed by atoms with Gasteiger partial charge in [0.25, 0.3) is 0 Å². The van der Waals surface area contributed by atoms with Gasteiger partial charge in [-0.3, -0.25) is 0 Å². The highest BCUT2D eigenvalue weighted by Gasteiger charge is 1.86. The molecule has 0 amide bonds. The lowest BCUT2D eigenvalue weighted by Gasteiger charge is -1.95. The van der Waals surface area contributed by atoms with Gasteiger partial charge in [0.15, 0.2) is 0 Å². The summed E-state index contributed by atoms with van der Waals surface area (Å²) in [6, 6.07) is 0. The standard InChI is InChI=1S/C8H15O/c1-3-4-5-8(2)6-7-9/h6H,3-5,7H2,1-2H3/b8-6+. The van der Waals surface area contributed by atoms with Crippen molar-refractivity contribution < 1.29 is 5.11 Å². The zero-order chi connectivity index (χ0) is 7.11. The molecule has 0 aliphatic rings. The van der Waals surface area contributed by atoms with Crippen LogP contribution in [0.1, 0.15) is 33.1 Å². The van der Waals surface area contributed by atoms with Gasteiger partial charge in [0, 0.05) is 0 Å². The van der Waals surface area contributed by atoms with Gasteiger partial charge in [-0.25, -0.2) is 5.11 Å². The van der Waals surface area contributed by atoms with Gasteiger partial charge >= 0.3 is 0 Å². The highest BCUT2D eigenvalue weighted by atomic mass is 16.2. The van der Waals surface area contributed by atoms with Crippen LogP contribution in [0.5, 0.6) is 0 Å². The molecule has 0 aromatic rings. The molecule has 0 atom stereocenters. The van der Waals surface area contributed by atoms with E-state index in [1.165, 1.54) is 18.4 Å². The second-order valence-electron chi connectivity index (χ2n) is 2.32. The molecule has 53 valence electrons. The fourth-order valence-corrected chi connectivity index (χ4v) is 0.700. The number of allylic oxidation sites excluding steroid dienone is 1. The van der Waals surface area contributed by atoms with Crippen molar-refractivity contribution in [3.63, 3.8) is 0 Å². The van der Waals surface area contributed by atoms with Gasteiger partial charge < -0.3 is 0 Å². The molecule has 0 aromatic carbocycles. The van der Waals surface area contributed by atoms with Gasteiger partial charge in [0.2, 0.25) is 0 Å². The molecule has 9 heavy (non-hydrogen) atoms. The Balaban J connectivity index is 3.25.